The molecule has 0 amide bonds. The molecule has 5 nitrogen and oxygen atoms in total. The van der Waals surface area contributed by atoms with Crippen molar-refractivity contribution in [1.82, 2.24) is 0 Å². The molecule has 0 saturated heterocycles. The highest BCUT2D eigenvalue weighted by Crippen LogP contribution is 2.42. The van der Waals surface area contributed by atoms with Gasteiger partial charge in [0, 0.05) is 16.2 Å². The van der Waals surface area contributed by atoms with Crippen LogP contribution in [0.4, 0.5) is 0 Å². The fraction of sp³-hybridized carbons (Fsp3) is 0.143. The Labute approximate surface area is 317 Å². The Morgan fingerprint density at radius 2 is 0.426 bits per heavy atom. The summed E-state index contributed by atoms with van der Waals surface area (Å²) < 4.78 is 0. The lowest BCUT2D eigenvalue weighted by atomic mass is 9.70. The zero-order valence-electron chi connectivity index (χ0n) is 31.0. The minimum Gasteiger partial charge on any atom is -0.508 e. The SMILES string of the molecule is CC(C)(c1ccc(O)cc1)c1ccc(C(C)(c2ccc(O)cc2)c2ccc(O)cc2)cc1.CC(c1ccccc1)(c1ccc(O)cc1)c1ccc(O)cc1. The van der Waals surface area contributed by atoms with Gasteiger partial charge < -0.3 is 25.5 Å². The van der Waals surface area contributed by atoms with E-state index >= 15 is 0 Å². The Morgan fingerprint density at radius 3 is 0.685 bits per heavy atom. The number of benzene rings is 7. The second-order valence-electron chi connectivity index (χ2n) is 14.6. The van der Waals surface area contributed by atoms with Gasteiger partial charge in [-0.1, -0.05) is 129 Å². The summed E-state index contributed by atoms with van der Waals surface area (Å²) in [5.74, 6) is 1.23. The molecule has 5 heteroatoms. The van der Waals surface area contributed by atoms with E-state index in [0.717, 1.165) is 38.9 Å². The molecule has 0 heterocycles. The monoisotopic (exact) mass is 714 g/mol. The largest absolute Gasteiger partial charge is 0.508 e. The number of hydrogen-bond donors (Lipinski definition) is 5. The van der Waals surface area contributed by atoms with Crippen molar-refractivity contribution in [3.63, 3.8) is 0 Å². The second-order valence-corrected chi connectivity index (χ2v) is 14.6. The predicted octanol–water partition coefficient (Wildman–Crippen LogP) is 10.9. The molecule has 0 atom stereocenters. The van der Waals surface area contributed by atoms with Crippen LogP contribution in [0.3, 0.4) is 0 Å². The smallest absolute Gasteiger partial charge is 0.115 e. The van der Waals surface area contributed by atoms with Crippen molar-refractivity contribution >= 4 is 0 Å². The summed E-state index contributed by atoms with van der Waals surface area (Å²) >= 11 is 0. The second kappa shape index (κ2) is 15.3. The fourth-order valence-electron chi connectivity index (χ4n) is 7.22. The van der Waals surface area contributed by atoms with E-state index in [-0.39, 0.29) is 39.6 Å². The van der Waals surface area contributed by atoms with Crippen molar-refractivity contribution < 1.29 is 25.5 Å². The standard InChI is InChI=1S/C29H28O3.C20H18O2/c1-28(2,21-8-14-25(30)15-9-21)20-4-6-22(7-5-20)29(3,23-10-16-26(31)17-11-23)24-12-18-27(32)19-13-24;1-20(15-5-3-2-4-6-15,16-7-11-18(21)12-8-16)17-9-13-19(22)14-10-17/h4-19,30-32H,1-3H3;2-14,21-22H,1H3. The highest BCUT2D eigenvalue weighted by Gasteiger charge is 2.33. The number of hydrogen-bond acceptors (Lipinski definition) is 5. The van der Waals surface area contributed by atoms with Gasteiger partial charge in [0.05, 0.1) is 0 Å². The topological polar surface area (TPSA) is 101 Å². The van der Waals surface area contributed by atoms with Crippen molar-refractivity contribution in [2.24, 2.45) is 0 Å². The van der Waals surface area contributed by atoms with Gasteiger partial charge in [0.15, 0.2) is 0 Å². The van der Waals surface area contributed by atoms with Gasteiger partial charge in [-0.3, -0.25) is 0 Å². The molecule has 7 rings (SSSR count). The quantitative estimate of drug-likeness (QED) is 0.101. The van der Waals surface area contributed by atoms with Crippen LogP contribution < -0.4 is 0 Å². The summed E-state index contributed by atoms with van der Waals surface area (Å²) in [6.07, 6.45) is 0. The third-order valence-corrected chi connectivity index (χ3v) is 10.9. The average Bonchev–Trinajstić information content (AvgIpc) is 3.19. The van der Waals surface area contributed by atoms with Crippen LogP contribution in [0.2, 0.25) is 0 Å². The molecule has 0 aromatic heterocycles. The van der Waals surface area contributed by atoms with Crippen LogP contribution in [0.25, 0.3) is 0 Å². The van der Waals surface area contributed by atoms with Gasteiger partial charge in [0.2, 0.25) is 0 Å². The van der Waals surface area contributed by atoms with Crippen molar-refractivity contribution in [2.75, 3.05) is 0 Å². The van der Waals surface area contributed by atoms with Crippen molar-refractivity contribution in [3.05, 3.63) is 220 Å². The Kier molecular flexibility index (Phi) is 10.5. The third-order valence-electron chi connectivity index (χ3n) is 10.9. The lowest BCUT2D eigenvalue weighted by Gasteiger charge is -2.33. The Hall–Kier alpha value is -6.46. The van der Waals surface area contributed by atoms with E-state index in [1.807, 2.05) is 78.9 Å². The molecule has 272 valence electrons. The van der Waals surface area contributed by atoms with Gasteiger partial charge >= 0.3 is 0 Å². The van der Waals surface area contributed by atoms with E-state index in [4.69, 9.17) is 0 Å². The number of phenolic OH excluding ortho intramolecular Hbond substituents is 5. The van der Waals surface area contributed by atoms with Crippen LogP contribution in [-0.4, -0.2) is 25.5 Å². The molecule has 0 aliphatic heterocycles. The molecule has 5 N–H and O–H groups in total. The van der Waals surface area contributed by atoms with Crippen LogP contribution in [0.1, 0.15) is 72.2 Å². The summed E-state index contributed by atoms with van der Waals surface area (Å²) in [6.45, 7) is 8.66. The maximum atomic E-state index is 9.80. The van der Waals surface area contributed by atoms with E-state index in [1.165, 1.54) is 5.56 Å². The molecule has 7 aromatic rings. The van der Waals surface area contributed by atoms with Crippen molar-refractivity contribution in [1.29, 1.82) is 0 Å². The number of aromatic hydroxyl groups is 5. The third kappa shape index (κ3) is 7.53. The highest BCUT2D eigenvalue weighted by molar-refractivity contribution is 5.53. The lowest BCUT2D eigenvalue weighted by Crippen LogP contribution is -2.26. The van der Waals surface area contributed by atoms with E-state index in [2.05, 4.69) is 64.1 Å². The van der Waals surface area contributed by atoms with Gasteiger partial charge in [-0.25, -0.2) is 0 Å². The molecule has 7 aromatic carbocycles. The van der Waals surface area contributed by atoms with Crippen LogP contribution in [0.5, 0.6) is 28.7 Å². The predicted molar refractivity (Wildman–Crippen MR) is 217 cm³/mol. The Bertz CT molecular complexity index is 2170. The van der Waals surface area contributed by atoms with Gasteiger partial charge in [-0.15, -0.1) is 0 Å². The van der Waals surface area contributed by atoms with E-state index < -0.39 is 5.41 Å². The van der Waals surface area contributed by atoms with Crippen LogP contribution in [0, 0.1) is 0 Å². The summed E-state index contributed by atoms with van der Waals surface area (Å²) in [4.78, 5) is 0. The molecule has 0 aliphatic rings. The normalized spacial score (nSPS) is 11.7. The molecular weight excluding hydrogens is 669 g/mol. The van der Waals surface area contributed by atoms with E-state index in [9.17, 15) is 25.5 Å². The zero-order chi connectivity index (χ0) is 38.5. The maximum absolute atomic E-state index is 9.80. The lowest BCUT2D eigenvalue weighted by molar-refractivity contribution is 0.473. The minimum atomic E-state index is -0.470. The van der Waals surface area contributed by atoms with E-state index in [1.54, 1.807) is 60.7 Å². The maximum Gasteiger partial charge on any atom is 0.115 e. The van der Waals surface area contributed by atoms with Crippen LogP contribution in [-0.2, 0) is 16.2 Å². The minimum absolute atomic E-state index is 0.223. The first-order valence-corrected chi connectivity index (χ1v) is 18.0. The van der Waals surface area contributed by atoms with Gasteiger partial charge in [0.1, 0.15) is 28.7 Å². The van der Waals surface area contributed by atoms with E-state index in [0.29, 0.717) is 0 Å². The molecule has 0 unspecified atom stereocenters. The molecule has 0 fully saturated rings. The number of phenols is 5. The fourth-order valence-corrected chi connectivity index (χ4v) is 7.22. The van der Waals surface area contributed by atoms with Crippen molar-refractivity contribution in [2.45, 2.75) is 43.9 Å². The zero-order valence-corrected chi connectivity index (χ0v) is 31.0. The summed E-state index contributed by atoms with van der Waals surface area (Å²) in [5.41, 5.74) is 7.78. The molecule has 0 aliphatic carbocycles. The molecule has 0 bridgehead atoms. The average molecular weight is 715 g/mol. The first-order chi connectivity index (χ1) is 25.8. The summed E-state index contributed by atoms with van der Waals surface area (Å²) in [5, 5.41) is 48.4. The molecule has 0 saturated carbocycles. The molecule has 0 spiro atoms. The molecular formula is C49H46O5. The molecule has 54 heavy (non-hydrogen) atoms. The Morgan fingerprint density at radius 1 is 0.241 bits per heavy atom. The molecule has 0 radical (unpaired) electrons. The first-order valence-electron chi connectivity index (χ1n) is 18.0. The summed E-state index contributed by atoms with van der Waals surface area (Å²) in [6, 6.07) is 55.4. The Balaban J connectivity index is 0.000000197. The highest BCUT2D eigenvalue weighted by atomic mass is 16.3. The number of rotatable bonds is 8. The van der Waals surface area contributed by atoms with Crippen molar-refractivity contribution in [3.8, 4) is 28.7 Å². The van der Waals surface area contributed by atoms with Gasteiger partial charge in [-0.2, -0.15) is 0 Å². The van der Waals surface area contributed by atoms with Crippen LogP contribution in [0.15, 0.2) is 176 Å². The van der Waals surface area contributed by atoms with Gasteiger partial charge in [0.25, 0.3) is 0 Å². The summed E-state index contributed by atoms with van der Waals surface area (Å²) in [7, 11) is 0. The first kappa shape index (κ1) is 37.3. The van der Waals surface area contributed by atoms with Gasteiger partial charge in [-0.05, 0) is 119 Å². The van der Waals surface area contributed by atoms with Crippen LogP contribution >= 0.6 is 0 Å².